The number of aromatic amines is 1. The molecule has 2 N–H and O–H groups in total. The smallest absolute Gasteiger partial charge is 0.244 e. The molecule has 3 rings (SSSR count). The highest BCUT2D eigenvalue weighted by atomic mass is 32.2. The van der Waals surface area contributed by atoms with Crippen LogP contribution in [0.15, 0.2) is 0 Å². The Balaban J connectivity index is 1.52. The second-order valence-electron chi connectivity index (χ2n) is 5.82. The lowest BCUT2D eigenvalue weighted by molar-refractivity contribution is 0.384. The van der Waals surface area contributed by atoms with E-state index in [9.17, 15) is 0 Å². The highest BCUT2D eigenvalue weighted by Gasteiger charge is 2.25. The minimum absolute atomic E-state index is 0.590. The van der Waals surface area contributed by atoms with Crippen molar-refractivity contribution in [1.82, 2.24) is 20.5 Å². The lowest BCUT2D eigenvalue weighted by Gasteiger charge is -2.31. The third-order valence-electron chi connectivity index (χ3n) is 4.39. The van der Waals surface area contributed by atoms with Crippen LogP contribution in [0.1, 0.15) is 37.9 Å². The summed E-state index contributed by atoms with van der Waals surface area (Å²) >= 11 is 2.02. The number of aromatic nitrogens is 3. The van der Waals surface area contributed by atoms with Crippen molar-refractivity contribution in [2.45, 2.75) is 32.1 Å². The quantitative estimate of drug-likeness (QED) is 0.868. The average Bonchev–Trinajstić information content (AvgIpc) is 3.16. The van der Waals surface area contributed by atoms with E-state index in [1.807, 2.05) is 11.8 Å². The fraction of sp³-hybridized carbons (Fsp3) is 0.857. The molecule has 2 saturated heterocycles. The van der Waals surface area contributed by atoms with Crippen molar-refractivity contribution in [3.63, 3.8) is 0 Å². The van der Waals surface area contributed by atoms with E-state index in [0.29, 0.717) is 5.92 Å². The van der Waals surface area contributed by atoms with Crippen LogP contribution in [0.25, 0.3) is 0 Å². The molecule has 0 radical (unpaired) electrons. The van der Waals surface area contributed by atoms with Gasteiger partial charge in [0.1, 0.15) is 5.82 Å². The molecule has 3 heterocycles. The van der Waals surface area contributed by atoms with Gasteiger partial charge in [0.15, 0.2) is 0 Å². The van der Waals surface area contributed by atoms with Crippen molar-refractivity contribution in [1.29, 1.82) is 0 Å². The summed E-state index contributed by atoms with van der Waals surface area (Å²) in [6.07, 6.45) is 3.73. The molecule has 0 saturated carbocycles. The Morgan fingerprint density at radius 2 is 2.20 bits per heavy atom. The highest BCUT2D eigenvalue weighted by Crippen LogP contribution is 2.31. The van der Waals surface area contributed by atoms with Crippen LogP contribution in [-0.2, 0) is 0 Å². The molecule has 0 aromatic carbocycles. The van der Waals surface area contributed by atoms with E-state index < -0.39 is 0 Å². The lowest BCUT2D eigenvalue weighted by atomic mass is 9.97. The third-order valence-corrected chi connectivity index (χ3v) is 5.55. The molecule has 1 aromatic rings. The summed E-state index contributed by atoms with van der Waals surface area (Å²) < 4.78 is 0. The number of anilines is 1. The van der Waals surface area contributed by atoms with Gasteiger partial charge < -0.3 is 10.2 Å². The molecule has 2 aliphatic rings. The number of hydrogen-bond donors (Lipinski definition) is 2. The molecule has 0 spiro atoms. The number of nitrogens with one attached hydrogen (secondary N) is 2. The van der Waals surface area contributed by atoms with Crippen LogP contribution in [-0.4, -0.2) is 52.9 Å². The van der Waals surface area contributed by atoms with Crippen molar-refractivity contribution in [3.8, 4) is 0 Å². The summed E-state index contributed by atoms with van der Waals surface area (Å²) in [6.45, 7) is 6.58. The van der Waals surface area contributed by atoms with Crippen LogP contribution in [0.4, 0.5) is 5.95 Å². The van der Waals surface area contributed by atoms with Crippen LogP contribution >= 0.6 is 11.8 Å². The van der Waals surface area contributed by atoms with Gasteiger partial charge in [-0.3, -0.25) is 5.10 Å². The molecule has 20 heavy (non-hydrogen) atoms. The summed E-state index contributed by atoms with van der Waals surface area (Å²) in [5.74, 6) is 5.87. The Kier molecular flexibility index (Phi) is 4.83. The minimum atomic E-state index is 0.590. The number of piperidine rings is 1. The molecule has 2 aliphatic heterocycles. The van der Waals surface area contributed by atoms with Crippen molar-refractivity contribution in [2.75, 3.05) is 42.6 Å². The van der Waals surface area contributed by atoms with Crippen molar-refractivity contribution in [3.05, 3.63) is 5.82 Å². The van der Waals surface area contributed by atoms with Crippen molar-refractivity contribution in [2.24, 2.45) is 5.92 Å². The van der Waals surface area contributed by atoms with Gasteiger partial charge in [-0.05, 0) is 44.0 Å². The molecule has 0 bridgehead atoms. The number of thioether (sulfide) groups is 1. The zero-order chi connectivity index (χ0) is 13.8. The Morgan fingerprint density at radius 3 is 2.90 bits per heavy atom. The molecule has 5 nitrogen and oxygen atoms in total. The Bertz CT molecular complexity index is 407. The summed E-state index contributed by atoms with van der Waals surface area (Å²) in [7, 11) is 0. The molecule has 0 aliphatic carbocycles. The van der Waals surface area contributed by atoms with E-state index in [-0.39, 0.29) is 0 Å². The standard InChI is InChI=1S/C14H25N5S/c1-2-15-9-11-3-6-19(7-4-11)14-16-13(17-18-14)12-5-8-20-10-12/h11-12,15H,2-10H2,1H3,(H,16,17,18). The van der Waals surface area contributed by atoms with Crippen LogP contribution < -0.4 is 10.2 Å². The Labute approximate surface area is 125 Å². The number of nitrogens with zero attached hydrogens (tertiary/aromatic N) is 3. The number of H-pyrrole nitrogens is 1. The molecule has 6 heteroatoms. The maximum absolute atomic E-state index is 4.73. The van der Waals surface area contributed by atoms with Gasteiger partial charge in [-0.25, -0.2) is 0 Å². The van der Waals surface area contributed by atoms with E-state index in [2.05, 4.69) is 27.3 Å². The third kappa shape index (κ3) is 3.28. The van der Waals surface area contributed by atoms with Crippen LogP contribution in [0.2, 0.25) is 0 Å². The summed E-state index contributed by atoms with van der Waals surface area (Å²) in [5.41, 5.74) is 0. The van der Waals surface area contributed by atoms with Gasteiger partial charge in [0.05, 0.1) is 0 Å². The zero-order valence-corrected chi connectivity index (χ0v) is 13.1. The molecular weight excluding hydrogens is 270 g/mol. The second-order valence-corrected chi connectivity index (χ2v) is 6.97. The SMILES string of the molecule is CCNCC1CCN(c2n[nH]c(C3CCSC3)n2)CC1. The molecule has 1 atom stereocenters. The first kappa shape index (κ1) is 14.2. The fourth-order valence-electron chi connectivity index (χ4n) is 3.02. The van der Waals surface area contributed by atoms with Gasteiger partial charge in [-0.15, -0.1) is 5.10 Å². The Hall–Kier alpha value is -0.750. The molecular formula is C14H25N5S. The van der Waals surface area contributed by atoms with Gasteiger partial charge in [-0.2, -0.15) is 16.7 Å². The largest absolute Gasteiger partial charge is 0.340 e. The minimum Gasteiger partial charge on any atom is -0.340 e. The van der Waals surface area contributed by atoms with E-state index in [4.69, 9.17) is 4.98 Å². The number of rotatable bonds is 5. The number of hydrogen-bond acceptors (Lipinski definition) is 5. The van der Waals surface area contributed by atoms with E-state index in [1.54, 1.807) is 0 Å². The summed E-state index contributed by atoms with van der Waals surface area (Å²) in [4.78, 5) is 7.07. The average molecular weight is 295 g/mol. The van der Waals surface area contributed by atoms with Crippen molar-refractivity contribution >= 4 is 17.7 Å². The predicted molar refractivity (Wildman–Crippen MR) is 84.5 cm³/mol. The molecule has 1 unspecified atom stereocenters. The normalized spacial score (nSPS) is 24.4. The van der Waals surface area contributed by atoms with Crippen LogP contribution in [0.3, 0.4) is 0 Å². The molecule has 112 valence electrons. The lowest BCUT2D eigenvalue weighted by Crippen LogP contribution is -2.37. The highest BCUT2D eigenvalue weighted by molar-refractivity contribution is 7.99. The van der Waals surface area contributed by atoms with Gasteiger partial charge in [-0.1, -0.05) is 6.92 Å². The molecule has 1 aromatic heterocycles. The van der Waals surface area contributed by atoms with Crippen LogP contribution in [0, 0.1) is 5.92 Å². The molecule has 0 amide bonds. The molecule has 2 fully saturated rings. The fourth-order valence-corrected chi connectivity index (χ4v) is 4.25. The first-order valence-corrected chi connectivity index (χ1v) is 8.98. The first-order chi connectivity index (χ1) is 9.86. The maximum Gasteiger partial charge on any atom is 0.244 e. The monoisotopic (exact) mass is 295 g/mol. The topological polar surface area (TPSA) is 56.8 Å². The second kappa shape index (κ2) is 6.80. The summed E-state index contributed by atoms with van der Waals surface area (Å²) in [5, 5.41) is 11.1. The van der Waals surface area contributed by atoms with E-state index in [0.717, 1.165) is 43.9 Å². The first-order valence-electron chi connectivity index (χ1n) is 7.82. The van der Waals surface area contributed by atoms with Crippen LogP contribution in [0.5, 0.6) is 0 Å². The van der Waals surface area contributed by atoms with E-state index in [1.165, 1.54) is 30.8 Å². The zero-order valence-electron chi connectivity index (χ0n) is 12.3. The van der Waals surface area contributed by atoms with E-state index >= 15 is 0 Å². The maximum atomic E-state index is 4.73. The Morgan fingerprint density at radius 1 is 1.35 bits per heavy atom. The predicted octanol–water partition coefficient (Wildman–Crippen LogP) is 1.85. The van der Waals surface area contributed by atoms with Gasteiger partial charge in [0.2, 0.25) is 5.95 Å². The van der Waals surface area contributed by atoms with Crippen molar-refractivity contribution < 1.29 is 0 Å². The van der Waals surface area contributed by atoms with Gasteiger partial charge in [0, 0.05) is 24.8 Å². The van der Waals surface area contributed by atoms with Gasteiger partial charge in [0.25, 0.3) is 0 Å². The van der Waals surface area contributed by atoms with Gasteiger partial charge >= 0.3 is 0 Å². The summed E-state index contributed by atoms with van der Waals surface area (Å²) in [6, 6.07) is 0.